The van der Waals surface area contributed by atoms with E-state index in [1.165, 1.54) is 51.4 Å². The summed E-state index contributed by atoms with van der Waals surface area (Å²) < 4.78 is 15.9. The van der Waals surface area contributed by atoms with Crippen LogP contribution in [0.3, 0.4) is 0 Å². The van der Waals surface area contributed by atoms with Crippen LogP contribution in [0.5, 0.6) is 11.5 Å². The minimum Gasteiger partial charge on any atom is -0.469 e. The Morgan fingerprint density at radius 3 is 2.51 bits per heavy atom. The molecule has 3 aromatic carbocycles. The highest BCUT2D eigenvalue weighted by Crippen LogP contribution is 2.50. The average Bonchev–Trinajstić information content (AvgIpc) is 3.55. The maximum absolute atomic E-state index is 6.87. The third-order valence-electron chi connectivity index (χ3n) is 11.1. The lowest BCUT2D eigenvalue weighted by Gasteiger charge is -2.36. The molecule has 5 nitrogen and oxygen atoms in total. The van der Waals surface area contributed by atoms with Crippen LogP contribution in [0.4, 0.5) is 0 Å². The molecular formula is C42H47N3O2. The van der Waals surface area contributed by atoms with Gasteiger partial charge in [-0.2, -0.15) is 0 Å². The van der Waals surface area contributed by atoms with Gasteiger partial charge in [-0.3, -0.25) is 4.57 Å². The number of hydrogen-bond acceptors (Lipinski definition) is 4. The van der Waals surface area contributed by atoms with Crippen LogP contribution >= 0.6 is 0 Å². The molecular weight excluding hydrogens is 578 g/mol. The van der Waals surface area contributed by atoms with E-state index in [1.54, 1.807) is 0 Å². The van der Waals surface area contributed by atoms with Crippen molar-refractivity contribution in [3.8, 4) is 17.2 Å². The van der Waals surface area contributed by atoms with E-state index in [0.29, 0.717) is 5.92 Å². The Hall–Kier alpha value is -4.12. The summed E-state index contributed by atoms with van der Waals surface area (Å²) in [5, 5.41) is 2.44. The van der Waals surface area contributed by atoms with Gasteiger partial charge in [-0.25, -0.2) is 9.98 Å². The maximum atomic E-state index is 6.87. The summed E-state index contributed by atoms with van der Waals surface area (Å²) in [6.45, 7) is 20.5. The Bertz CT molecular complexity index is 2130. The molecule has 1 saturated carbocycles. The minimum absolute atomic E-state index is 0.0273. The van der Waals surface area contributed by atoms with Crippen LogP contribution in [0.25, 0.3) is 27.6 Å². The normalized spacial score (nSPS) is 21.5. The van der Waals surface area contributed by atoms with E-state index in [0.717, 1.165) is 52.7 Å². The molecule has 8 rings (SSSR count). The van der Waals surface area contributed by atoms with Gasteiger partial charge in [0.05, 0.1) is 17.2 Å². The van der Waals surface area contributed by atoms with Gasteiger partial charge in [0.15, 0.2) is 0 Å². The fraction of sp³-hybridized carbons (Fsp3) is 0.429. The first-order valence-corrected chi connectivity index (χ1v) is 17.4. The second kappa shape index (κ2) is 10.2. The number of aliphatic imine (C=N–C) groups is 1. The van der Waals surface area contributed by atoms with Crippen LogP contribution in [-0.2, 0) is 15.6 Å². The first-order chi connectivity index (χ1) is 22.2. The Labute approximate surface area is 279 Å². The van der Waals surface area contributed by atoms with Crippen LogP contribution < -0.4 is 4.74 Å². The molecule has 1 aliphatic carbocycles. The summed E-state index contributed by atoms with van der Waals surface area (Å²) in [6, 6.07) is 20.4. The minimum atomic E-state index is -0.210. The molecule has 1 fully saturated rings. The Morgan fingerprint density at radius 1 is 0.957 bits per heavy atom. The van der Waals surface area contributed by atoms with E-state index >= 15 is 0 Å². The Kier molecular flexibility index (Phi) is 6.55. The molecule has 2 atom stereocenters. The number of benzene rings is 3. The van der Waals surface area contributed by atoms with Crippen LogP contribution in [0, 0.1) is 6.92 Å². The second-order valence-electron chi connectivity index (χ2n) is 16.3. The zero-order valence-corrected chi connectivity index (χ0v) is 29.4. The Balaban J connectivity index is 1.28. The number of aromatic nitrogens is 2. The standard InChI is InChI=1S/C42H47N3O2/c1-24(2)26-18-27(39-44-36-14-10-11-15-42(36,9)47-39)20-29(19-26)46-35-23-34-32(17-25(35)3)41(7,8)33-22-28(40(4,5)6)21-31-30-13-12-16-43-38(30)45(34)37(31)33/h12-13,16-24,36H,10-11,14-15H2,1-9H3/t36-,42-/m0/s1. The van der Waals surface area contributed by atoms with Gasteiger partial charge in [0.25, 0.3) is 0 Å². The van der Waals surface area contributed by atoms with Crippen molar-refractivity contribution in [2.45, 2.75) is 116 Å². The highest BCUT2D eigenvalue weighted by molar-refractivity contribution is 6.10. The smallest absolute Gasteiger partial charge is 0.217 e. The molecule has 0 unspecified atom stereocenters. The number of hydrogen-bond donors (Lipinski definition) is 0. The van der Waals surface area contributed by atoms with Gasteiger partial charge in [-0.15, -0.1) is 0 Å². The van der Waals surface area contributed by atoms with Gasteiger partial charge in [0.1, 0.15) is 22.7 Å². The summed E-state index contributed by atoms with van der Waals surface area (Å²) in [7, 11) is 0. The van der Waals surface area contributed by atoms with E-state index < -0.39 is 0 Å². The zero-order chi connectivity index (χ0) is 33.0. The van der Waals surface area contributed by atoms with Crippen LogP contribution in [0.1, 0.15) is 120 Å². The summed E-state index contributed by atoms with van der Waals surface area (Å²) in [4.78, 5) is 10.1. The summed E-state index contributed by atoms with van der Waals surface area (Å²) in [6.07, 6.45) is 6.47. The van der Waals surface area contributed by atoms with Crippen LogP contribution in [0.2, 0.25) is 0 Å². The average molecular weight is 626 g/mol. The lowest BCUT2D eigenvalue weighted by molar-refractivity contribution is 0.0446. The van der Waals surface area contributed by atoms with E-state index in [9.17, 15) is 0 Å². The molecule has 3 aliphatic rings. The zero-order valence-electron chi connectivity index (χ0n) is 29.4. The molecule has 0 bridgehead atoms. The number of pyridine rings is 1. The molecule has 0 spiro atoms. The van der Waals surface area contributed by atoms with Crippen molar-refractivity contribution in [2.24, 2.45) is 4.99 Å². The molecule has 47 heavy (non-hydrogen) atoms. The number of rotatable bonds is 4. The van der Waals surface area contributed by atoms with E-state index in [-0.39, 0.29) is 22.5 Å². The summed E-state index contributed by atoms with van der Waals surface area (Å²) >= 11 is 0. The SMILES string of the molecule is Cc1cc2c(cc1Oc1cc(C3=N[C@H]4CCCC[C@]4(C)O3)cc(C(C)C)c1)-n1c3ncccc3c3cc(C(C)(C)C)cc(c31)C2(C)C. The van der Waals surface area contributed by atoms with E-state index in [1.807, 2.05) is 6.20 Å². The lowest BCUT2D eigenvalue weighted by Crippen LogP contribution is -2.39. The van der Waals surface area contributed by atoms with Crippen molar-refractivity contribution < 1.29 is 9.47 Å². The largest absolute Gasteiger partial charge is 0.469 e. The number of fused-ring (bicyclic) bond motifs is 6. The maximum Gasteiger partial charge on any atom is 0.217 e. The van der Waals surface area contributed by atoms with Crippen LogP contribution in [0.15, 0.2) is 65.8 Å². The van der Waals surface area contributed by atoms with E-state index in [2.05, 4.69) is 121 Å². The lowest BCUT2D eigenvalue weighted by atomic mass is 9.72. The van der Waals surface area contributed by atoms with Gasteiger partial charge in [0, 0.05) is 34.0 Å². The Morgan fingerprint density at radius 2 is 1.77 bits per heavy atom. The fourth-order valence-corrected chi connectivity index (χ4v) is 8.13. The van der Waals surface area contributed by atoms with Crippen LogP contribution in [-0.4, -0.2) is 27.1 Å². The number of ether oxygens (including phenoxy) is 2. The van der Waals surface area contributed by atoms with E-state index in [4.69, 9.17) is 19.5 Å². The van der Waals surface area contributed by atoms with Crippen molar-refractivity contribution in [1.82, 2.24) is 9.55 Å². The molecule has 242 valence electrons. The second-order valence-corrected chi connectivity index (χ2v) is 16.3. The van der Waals surface area contributed by atoms with Gasteiger partial charge in [0.2, 0.25) is 5.90 Å². The van der Waals surface area contributed by atoms with Crippen molar-refractivity contribution in [2.75, 3.05) is 0 Å². The van der Waals surface area contributed by atoms with Crippen molar-refractivity contribution in [3.63, 3.8) is 0 Å². The molecule has 2 aliphatic heterocycles. The van der Waals surface area contributed by atoms with Gasteiger partial charge in [-0.1, -0.05) is 61.0 Å². The van der Waals surface area contributed by atoms with Gasteiger partial charge in [-0.05, 0) is 115 Å². The van der Waals surface area contributed by atoms with Gasteiger partial charge >= 0.3 is 0 Å². The molecule has 5 aromatic rings. The molecule has 0 saturated heterocycles. The molecule has 0 N–H and O–H groups in total. The third kappa shape index (κ3) is 4.63. The topological polar surface area (TPSA) is 48.6 Å². The van der Waals surface area contributed by atoms with Crippen molar-refractivity contribution >= 4 is 27.8 Å². The predicted octanol–water partition coefficient (Wildman–Crippen LogP) is 10.8. The highest BCUT2D eigenvalue weighted by Gasteiger charge is 2.44. The molecule has 0 radical (unpaired) electrons. The quantitative estimate of drug-likeness (QED) is 0.200. The summed E-state index contributed by atoms with van der Waals surface area (Å²) in [5.74, 6) is 2.75. The van der Waals surface area contributed by atoms with Crippen molar-refractivity contribution in [1.29, 1.82) is 0 Å². The predicted molar refractivity (Wildman–Crippen MR) is 193 cm³/mol. The monoisotopic (exact) mass is 625 g/mol. The molecule has 2 aromatic heterocycles. The first kappa shape index (κ1) is 30.2. The highest BCUT2D eigenvalue weighted by atomic mass is 16.5. The molecule has 4 heterocycles. The first-order valence-electron chi connectivity index (χ1n) is 17.4. The number of aryl methyl sites for hydroxylation is 1. The fourth-order valence-electron chi connectivity index (χ4n) is 8.13. The third-order valence-corrected chi connectivity index (χ3v) is 11.1. The van der Waals surface area contributed by atoms with Crippen molar-refractivity contribution in [3.05, 3.63) is 94.2 Å². The summed E-state index contributed by atoms with van der Waals surface area (Å²) in [5.41, 5.74) is 10.3. The number of nitrogens with zero attached hydrogens (tertiary/aromatic N) is 3. The molecule has 5 heteroatoms. The molecule has 0 amide bonds. The van der Waals surface area contributed by atoms with Gasteiger partial charge < -0.3 is 9.47 Å².